The van der Waals surface area contributed by atoms with Crippen LogP contribution in [0.3, 0.4) is 0 Å². The van der Waals surface area contributed by atoms with Crippen molar-refractivity contribution in [2.24, 2.45) is 0 Å². The Bertz CT molecular complexity index is 914. The van der Waals surface area contributed by atoms with Crippen molar-refractivity contribution in [1.29, 1.82) is 0 Å². The number of nitrogen functional groups attached to an aromatic ring is 1. The molecule has 3 aromatic rings. The molecule has 0 fully saturated rings. The van der Waals surface area contributed by atoms with E-state index in [0.717, 1.165) is 0 Å². The SMILES string of the molecule is Nc1ncnc2ccc(-c3cc(F)cc(C(=O)CCCO)c3)nc12. The maximum Gasteiger partial charge on any atom is 0.163 e. The Labute approximate surface area is 137 Å². The second-order valence-corrected chi connectivity index (χ2v) is 5.30. The minimum atomic E-state index is -0.529. The predicted molar refractivity (Wildman–Crippen MR) is 87.8 cm³/mol. The molecule has 122 valence electrons. The second kappa shape index (κ2) is 6.67. The topological polar surface area (TPSA) is 102 Å². The summed E-state index contributed by atoms with van der Waals surface area (Å²) < 4.78 is 13.9. The van der Waals surface area contributed by atoms with Gasteiger partial charge in [-0.3, -0.25) is 4.79 Å². The summed E-state index contributed by atoms with van der Waals surface area (Å²) in [7, 11) is 0. The molecule has 0 saturated carbocycles. The Morgan fingerprint density at radius 1 is 1.21 bits per heavy atom. The lowest BCUT2D eigenvalue weighted by molar-refractivity contribution is 0.0971. The smallest absolute Gasteiger partial charge is 0.163 e. The summed E-state index contributed by atoms with van der Waals surface area (Å²) in [6.07, 6.45) is 1.84. The van der Waals surface area contributed by atoms with Gasteiger partial charge in [-0.15, -0.1) is 0 Å². The maximum atomic E-state index is 13.9. The van der Waals surface area contributed by atoms with Crippen LogP contribution in [0, 0.1) is 5.82 Å². The monoisotopic (exact) mass is 326 g/mol. The molecule has 6 nitrogen and oxygen atoms in total. The van der Waals surface area contributed by atoms with Gasteiger partial charge in [0.05, 0.1) is 11.2 Å². The fourth-order valence-corrected chi connectivity index (χ4v) is 2.40. The van der Waals surface area contributed by atoms with Crippen molar-refractivity contribution in [3.63, 3.8) is 0 Å². The Balaban J connectivity index is 2.04. The standard InChI is InChI=1S/C17H15FN4O2/c18-12-7-10(6-11(8-12)15(24)2-1-5-23)13-3-4-14-16(22-13)17(19)21-9-20-14/h3-4,6-9,23H,1-2,5H2,(H2,19,20,21). The molecular weight excluding hydrogens is 311 g/mol. The first-order valence-corrected chi connectivity index (χ1v) is 7.41. The van der Waals surface area contributed by atoms with Gasteiger partial charge >= 0.3 is 0 Å². The number of Topliss-reactive ketones (excluding diaryl/α,β-unsaturated/α-hetero) is 1. The van der Waals surface area contributed by atoms with Crippen LogP contribution in [0.5, 0.6) is 0 Å². The van der Waals surface area contributed by atoms with Gasteiger partial charge in [0.25, 0.3) is 0 Å². The highest BCUT2D eigenvalue weighted by molar-refractivity contribution is 5.97. The zero-order valence-corrected chi connectivity index (χ0v) is 12.7. The van der Waals surface area contributed by atoms with Crippen LogP contribution in [-0.4, -0.2) is 32.4 Å². The molecule has 0 unspecified atom stereocenters. The fourth-order valence-electron chi connectivity index (χ4n) is 2.40. The lowest BCUT2D eigenvalue weighted by Crippen LogP contribution is -2.02. The van der Waals surface area contributed by atoms with Gasteiger partial charge in [-0.25, -0.2) is 19.3 Å². The van der Waals surface area contributed by atoms with Gasteiger partial charge in [-0.05, 0) is 36.8 Å². The molecule has 2 aromatic heterocycles. The highest BCUT2D eigenvalue weighted by Crippen LogP contribution is 2.24. The zero-order chi connectivity index (χ0) is 17.1. The molecule has 0 saturated heterocycles. The van der Waals surface area contributed by atoms with Crippen molar-refractivity contribution >= 4 is 22.6 Å². The molecule has 3 rings (SSSR count). The first-order chi connectivity index (χ1) is 11.6. The van der Waals surface area contributed by atoms with E-state index in [1.807, 2.05) is 0 Å². The molecule has 0 aliphatic rings. The van der Waals surface area contributed by atoms with Crippen molar-refractivity contribution in [3.8, 4) is 11.3 Å². The minimum Gasteiger partial charge on any atom is -0.396 e. The van der Waals surface area contributed by atoms with Crippen molar-refractivity contribution in [2.45, 2.75) is 12.8 Å². The number of aliphatic hydroxyl groups excluding tert-OH is 1. The van der Waals surface area contributed by atoms with Crippen LogP contribution in [-0.2, 0) is 0 Å². The summed E-state index contributed by atoms with van der Waals surface area (Å²) in [5.74, 6) is -0.523. The summed E-state index contributed by atoms with van der Waals surface area (Å²) in [4.78, 5) is 24.4. The maximum absolute atomic E-state index is 13.9. The summed E-state index contributed by atoms with van der Waals surface area (Å²) in [5.41, 5.74) is 7.99. The zero-order valence-electron chi connectivity index (χ0n) is 12.7. The number of nitrogens with zero attached hydrogens (tertiary/aromatic N) is 3. The van der Waals surface area contributed by atoms with E-state index < -0.39 is 5.82 Å². The minimum absolute atomic E-state index is 0.0839. The molecule has 0 bridgehead atoms. The number of benzene rings is 1. The molecule has 2 heterocycles. The molecule has 24 heavy (non-hydrogen) atoms. The summed E-state index contributed by atoms with van der Waals surface area (Å²) in [6.45, 7) is -0.0839. The van der Waals surface area contributed by atoms with Gasteiger partial charge in [-0.2, -0.15) is 0 Å². The van der Waals surface area contributed by atoms with E-state index in [1.165, 1.54) is 18.5 Å². The molecule has 0 amide bonds. The number of hydrogen-bond acceptors (Lipinski definition) is 6. The number of aliphatic hydroxyl groups is 1. The Morgan fingerprint density at radius 3 is 2.83 bits per heavy atom. The summed E-state index contributed by atoms with van der Waals surface area (Å²) >= 11 is 0. The second-order valence-electron chi connectivity index (χ2n) is 5.30. The Kier molecular flexibility index (Phi) is 4.43. The number of pyridine rings is 1. The average molecular weight is 326 g/mol. The largest absolute Gasteiger partial charge is 0.396 e. The Hall–Kier alpha value is -2.93. The number of anilines is 1. The summed E-state index contributed by atoms with van der Waals surface area (Å²) in [6, 6.07) is 7.47. The van der Waals surface area contributed by atoms with Crippen molar-refractivity contribution in [1.82, 2.24) is 15.0 Å². The van der Waals surface area contributed by atoms with Gasteiger partial charge in [0.2, 0.25) is 0 Å². The van der Waals surface area contributed by atoms with Crippen LogP contribution in [0.25, 0.3) is 22.3 Å². The number of nitrogens with two attached hydrogens (primary N) is 1. The number of ketones is 1. The van der Waals surface area contributed by atoms with Crippen molar-refractivity contribution < 1.29 is 14.3 Å². The number of rotatable bonds is 5. The number of carbonyl (C=O) groups is 1. The fraction of sp³-hybridized carbons (Fsp3) is 0.176. The van der Waals surface area contributed by atoms with Crippen LogP contribution in [0.1, 0.15) is 23.2 Å². The van der Waals surface area contributed by atoms with E-state index in [4.69, 9.17) is 10.8 Å². The molecule has 0 atom stereocenters. The van der Waals surface area contributed by atoms with E-state index in [1.54, 1.807) is 18.2 Å². The van der Waals surface area contributed by atoms with E-state index in [-0.39, 0.29) is 30.2 Å². The quantitative estimate of drug-likeness (QED) is 0.698. The van der Waals surface area contributed by atoms with Crippen LogP contribution in [0.4, 0.5) is 10.2 Å². The molecule has 0 spiro atoms. The third-order valence-electron chi connectivity index (χ3n) is 3.59. The van der Waals surface area contributed by atoms with Crippen molar-refractivity contribution in [2.75, 3.05) is 12.3 Å². The van der Waals surface area contributed by atoms with Gasteiger partial charge < -0.3 is 10.8 Å². The molecule has 7 heteroatoms. The normalized spacial score (nSPS) is 10.9. The van der Waals surface area contributed by atoms with Gasteiger partial charge in [0, 0.05) is 24.2 Å². The molecule has 1 aromatic carbocycles. The third-order valence-corrected chi connectivity index (χ3v) is 3.59. The molecule has 0 aliphatic carbocycles. The van der Waals surface area contributed by atoms with Gasteiger partial charge in [0.15, 0.2) is 11.6 Å². The van der Waals surface area contributed by atoms with Gasteiger partial charge in [0.1, 0.15) is 17.7 Å². The third kappa shape index (κ3) is 3.21. The van der Waals surface area contributed by atoms with Crippen LogP contribution in [0.2, 0.25) is 0 Å². The number of hydrogen-bond donors (Lipinski definition) is 2. The first-order valence-electron chi connectivity index (χ1n) is 7.41. The number of carbonyl (C=O) groups excluding carboxylic acids is 1. The lowest BCUT2D eigenvalue weighted by atomic mass is 10.0. The van der Waals surface area contributed by atoms with Crippen molar-refractivity contribution in [3.05, 3.63) is 48.0 Å². The molecule has 0 aliphatic heterocycles. The van der Waals surface area contributed by atoms with Crippen LogP contribution < -0.4 is 5.73 Å². The highest BCUT2D eigenvalue weighted by Gasteiger charge is 2.12. The summed E-state index contributed by atoms with van der Waals surface area (Å²) in [5, 5.41) is 8.82. The molecular formula is C17H15FN4O2. The van der Waals surface area contributed by atoms with Crippen LogP contribution >= 0.6 is 0 Å². The molecule has 3 N–H and O–H groups in total. The lowest BCUT2D eigenvalue weighted by Gasteiger charge is -2.07. The van der Waals surface area contributed by atoms with E-state index >= 15 is 0 Å². The average Bonchev–Trinajstić information content (AvgIpc) is 2.59. The van der Waals surface area contributed by atoms with E-state index in [0.29, 0.717) is 28.7 Å². The predicted octanol–water partition coefficient (Wildman–Crippen LogP) is 2.37. The molecule has 0 radical (unpaired) electrons. The van der Waals surface area contributed by atoms with Crippen LogP contribution in [0.15, 0.2) is 36.7 Å². The number of fused-ring (bicyclic) bond motifs is 1. The number of halogens is 1. The first kappa shape index (κ1) is 15.9. The number of aromatic nitrogens is 3. The van der Waals surface area contributed by atoms with E-state index in [9.17, 15) is 9.18 Å². The van der Waals surface area contributed by atoms with Gasteiger partial charge in [-0.1, -0.05) is 0 Å². The van der Waals surface area contributed by atoms with E-state index in [2.05, 4.69) is 15.0 Å². The Morgan fingerprint density at radius 2 is 2.04 bits per heavy atom. The highest BCUT2D eigenvalue weighted by atomic mass is 19.1.